The minimum absolute atomic E-state index is 0.134. The Hall–Kier alpha value is -0.700. The molecule has 0 aromatic carbocycles. The fourth-order valence-electron chi connectivity index (χ4n) is 2.42. The van der Waals surface area contributed by atoms with E-state index in [2.05, 4.69) is 12.2 Å². The molecule has 88 valence electrons. The Morgan fingerprint density at radius 1 is 1.31 bits per heavy atom. The van der Waals surface area contributed by atoms with Gasteiger partial charge in [-0.25, -0.2) is 0 Å². The van der Waals surface area contributed by atoms with Gasteiger partial charge in [-0.1, -0.05) is 5.57 Å². The van der Waals surface area contributed by atoms with Crippen LogP contribution in [0.3, 0.4) is 0 Å². The van der Waals surface area contributed by atoms with E-state index in [1.807, 2.05) is 6.92 Å². The first kappa shape index (κ1) is 11.8. The maximum atomic E-state index is 11.9. The van der Waals surface area contributed by atoms with Gasteiger partial charge < -0.3 is 5.32 Å². The number of carbonyl (C=O) groups is 1. The third-order valence-electron chi connectivity index (χ3n) is 3.23. The van der Waals surface area contributed by atoms with Gasteiger partial charge in [-0.2, -0.15) is 0 Å². The number of amides is 1. The number of allylic oxidation sites excluding steroid dienone is 2. The molecule has 0 bridgehead atoms. The van der Waals surface area contributed by atoms with Crippen molar-refractivity contribution in [3.05, 3.63) is 21.6 Å². The molecule has 0 radical (unpaired) electrons. The number of nitrogens with one attached hydrogen (secondary N) is 1. The average molecular weight is 237 g/mol. The molecule has 0 aromatic rings. The summed E-state index contributed by atoms with van der Waals surface area (Å²) in [6, 6.07) is 0. The number of hydrogen-bond donors (Lipinski definition) is 1. The third kappa shape index (κ3) is 2.19. The van der Waals surface area contributed by atoms with Crippen LogP contribution in [0, 0.1) is 0 Å². The quantitative estimate of drug-likeness (QED) is 0.800. The van der Waals surface area contributed by atoms with E-state index in [-0.39, 0.29) is 5.91 Å². The fourth-order valence-corrected chi connectivity index (χ4v) is 3.56. The van der Waals surface area contributed by atoms with Crippen molar-refractivity contribution in [1.29, 1.82) is 0 Å². The van der Waals surface area contributed by atoms with Crippen LogP contribution in [-0.2, 0) is 4.79 Å². The minimum Gasteiger partial charge on any atom is -0.352 e. The first-order valence-corrected chi connectivity index (χ1v) is 7.05. The van der Waals surface area contributed by atoms with Gasteiger partial charge in [0.05, 0.1) is 4.91 Å². The maximum Gasteiger partial charge on any atom is 0.257 e. The predicted molar refractivity (Wildman–Crippen MR) is 69.3 cm³/mol. The summed E-state index contributed by atoms with van der Waals surface area (Å²) >= 11 is 1.71. The van der Waals surface area contributed by atoms with Crippen LogP contribution in [0.5, 0.6) is 0 Å². The Morgan fingerprint density at radius 2 is 2.00 bits per heavy atom. The molecular weight excluding hydrogens is 218 g/mol. The number of likely N-dealkylation sites (N-methyl/N-ethyl adjacent to an activating group) is 1. The van der Waals surface area contributed by atoms with Crippen LogP contribution >= 0.6 is 11.8 Å². The lowest BCUT2D eigenvalue weighted by atomic mass is 9.86. The summed E-state index contributed by atoms with van der Waals surface area (Å²) in [6.07, 6.45) is 4.77. The van der Waals surface area contributed by atoms with Gasteiger partial charge in [-0.3, -0.25) is 4.79 Å². The molecule has 1 aliphatic heterocycles. The second-order valence-corrected chi connectivity index (χ2v) is 5.41. The molecule has 1 N–H and O–H groups in total. The molecule has 1 heterocycles. The second-order valence-electron chi connectivity index (χ2n) is 4.42. The predicted octanol–water partition coefficient (Wildman–Crippen LogP) is 3.01. The maximum absolute atomic E-state index is 11.9. The van der Waals surface area contributed by atoms with Crippen molar-refractivity contribution in [1.82, 2.24) is 5.32 Å². The van der Waals surface area contributed by atoms with Crippen molar-refractivity contribution in [2.24, 2.45) is 0 Å². The van der Waals surface area contributed by atoms with E-state index in [1.165, 1.54) is 36.0 Å². The van der Waals surface area contributed by atoms with E-state index >= 15 is 0 Å². The van der Waals surface area contributed by atoms with Crippen LogP contribution in [0.1, 0.15) is 39.5 Å². The van der Waals surface area contributed by atoms with Crippen LogP contribution < -0.4 is 5.32 Å². The molecule has 3 heteroatoms. The van der Waals surface area contributed by atoms with Crippen LogP contribution in [0.25, 0.3) is 0 Å². The molecule has 2 nitrogen and oxygen atoms in total. The van der Waals surface area contributed by atoms with Crippen LogP contribution in [-0.4, -0.2) is 18.2 Å². The zero-order chi connectivity index (χ0) is 11.5. The van der Waals surface area contributed by atoms with Crippen LogP contribution in [0.4, 0.5) is 0 Å². The van der Waals surface area contributed by atoms with Crippen molar-refractivity contribution in [2.75, 3.05) is 12.3 Å². The van der Waals surface area contributed by atoms with Crippen molar-refractivity contribution in [2.45, 2.75) is 39.5 Å². The van der Waals surface area contributed by atoms with Crippen molar-refractivity contribution < 1.29 is 4.79 Å². The van der Waals surface area contributed by atoms with Gasteiger partial charge in [0.25, 0.3) is 5.91 Å². The highest BCUT2D eigenvalue weighted by Gasteiger charge is 2.25. The molecule has 0 saturated heterocycles. The van der Waals surface area contributed by atoms with E-state index in [0.29, 0.717) is 6.54 Å². The molecule has 16 heavy (non-hydrogen) atoms. The Kier molecular flexibility index (Phi) is 3.74. The lowest BCUT2D eigenvalue weighted by Crippen LogP contribution is -2.26. The summed E-state index contributed by atoms with van der Waals surface area (Å²) in [7, 11) is 0. The molecular formula is C13H19NOS. The second kappa shape index (κ2) is 5.09. The largest absolute Gasteiger partial charge is 0.352 e. The van der Waals surface area contributed by atoms with Gasteiger partial charge in [0.15, 0.2) is 0 Å². The van der Waals surface area contributed by atoms with E-state index in [4.69, 9.17) is 0 Å². The number of thioether (sulfide) groups is 1. The van der Waals surface area contributed by atoms with Crippen molar-refractivity contribution in [3.8, 4) is 0 Å². The molecule has 0 unspecified atom stereocenters. The molecule has 1 saturated carbocycles. The normalized spacial score (nSPS) is 20.9. The van der Waals surface area contributed by atoms with Crippen molar-refractivity contribution >= 4 is 17.7 Å². The fraction of sp³-hybridized carbons (Fsp3) is 0.615. The zero-order valence-corrected chi connectivity index (χ0v) is 10.9. The van der Waals surface area contributed by atoms with Gasteiger partial charge in [0.1, 0.15) is 0 Å². The Labute approximate surface area is 102 Å². The Balaban J connectivity index is 2.31. The van der Waals surface area contributed by atoms with Gasteiger partial charge >= 0.3 is 0 Å². The van der Waals surface area contributed by atoms with Gasteiger partial charge in [-0.05, 0) is 50.7 Å². The Bertz CT molecular complexity index is 368. The first-order valence-electron chi connectivity index (χ1n) is 6.07. The highest BCUT2D eigenvalue weighted by Crippen LogP contribution is 2.41. The van der Waals surface area contributed by atoms with Crippen LogP contribution in [0.15, 0.2) is 21.6 Å². The number of carbonyl (C=O) groups excluding carboxylic acids is 1. The summed E-state index contributed by atoms with van der Waals surface area (Å²) in [4.78, 5) is 12.9. The molecule has 0 atom stereocenters. The van der Waals surface area contributed by atoms with E-state index in [0.717, 1.165) is 17.1 Å². The summed E-state index contributed by atoms with van der Waals surface area (Å²) < 4.78 is 0. The highest BCUT2D eigenvalue weighted by atomic mass is 32.2. The SMILES string of the molecule is CCNC(=O)C1=C2CCCCC2=C(C)CS1. The third-order valence-corrected chi connectivity index (χ3v) is 4.53. The van der Waals surface area contributed by atoms with E-state index < -0.39 is 0 Å². The zero-order valence-electron chi connectivity index (χ0n) is 10.1. The molecule has 1 fully saturated rings. The molecule has 2 aliphatic rings. The standard InChI is InChI=1S/C13H19NOS/c1-3-14-13(15)12-11-7-5-4-6-10(11)9(2)8-16-12/h3-8H2,1-2H3,(H,14,15). The molecule has 0 spiro atoms. The average Bonchev–Trinajstić information content (AvgIpc) is 2.30. The Morgan fingerprint density at radius 3 is 2.69 bits per heavy atom. The van der Waals surface area contributed by atoms with Crippen LogP contribution in [0.2, 0.25) is 0 Å². The molecule has 0 aromatic heterocycles. The summed E-state index contributed by atoms with van der Waals surface area (Å²) in [6.45, 7) is 4.90. The summed E-state index contributed by atoms with van der Waals surface area (Å²) in [5.41, 5.74) is 4.30. The summed E-state index contributed by atoms with van der Waals surface area (Å²) in [5, 5.41) is 2.92. The lowest BCUT2D eigenvalue weighted by molar-refractivity contribution is -0.116. The smallest absolute Gasteiger partial charge is 0.257 e. The highest BCUT2D eigenvalue weighted by molar-refractivity contribution is 8.04. The van der Waals surface area contributed by atoms with E-state index in [9.17, 15) is 4.79 Å². The van der Waals surface area contributed by atoms with Gasteiger partial charge in [0, 0.05) is 12.3 Å². The number of hydrogen-bond acceptors (Lipinski definition) is 2. The summed E-state index contributed by atoms with van der Waals surface area (Å²) in [5.74, 6) is 1.13. The molecule has 1 aliphatic carbocycles. The monoisotopic (exact) mass is 237 g/mol. The number of fused-ring (bicyclic) bond motifs is 1. The minimum atomic E-state index is 0.134. The topological polar surface area (TPSA) is 29.1 Å². The molecule has 2 rings (SSSR count). The first-order chi connectivity index (χ1) is 7.74. The molecule has 1 amide bonds. The van der Waals surface area contributed by atoms with Crippen molar-refractivity contribution in [3.63, 3.8) is 0 Å². The van der Waals surface area contributed by atoms with Gasteiger partial charge in [-0.15, -0.1) is 11.8 Å². The number of rotatable bonds is 2. The van der Waals surface area contributed by atoms with E-state index in [1.54, 1.807) is 11.8 Å². The lowest BCUT2D eigenvalue weighted by Gasteiger charge is -2.27. The van der Waals surface area contributed by atoms with Gasteiger partial charge in [0.2, 0.25) is 0 Å².